The summed E-state index contributed by atoms with van der Waals surface area (Å²) in [6, 6.07) is 0. The van der Waals surface area contributed by atoms with Crippen LogP contribution in [0.4, 0.5) is 0 Å². The molecule has 1 fully saturated rings. The summed E-state index contributed by atoms with van der Waals surface area (Å²) < 4.78 is 0.408. The van der Waals surface area contributed by atoms with Crippen LogP contribution in [0, 0.1) is 11.3 Å². The highest BCUT2D eigenvalue weighted by atomic mass is 35.5. The van der Waals surface area contributed by atoms with E-state index in [1.165, 1.54) is 6.42 Å². The molecule has 0 unspecified atom stereocenters. The maximum Gasteiger partial charge on any atom is 0.103 e. The molecule has 52 valence electrons. The number of allylic oxidation sites excluding steroid dienone is 1. The second-order valence-electron chi connectivity index (χ2n) is 3.26. The van der Waals surface area contributed by atoms with Crippen molar-refractivity contribution in [1.29, 1.82) is 0 Å². The fourth-order valence-electron chi connectivity index (χ4n) is 0.944. The minimum atomic E-state index is 0.408. The molecule has 0 N–H and O–H groups in total. The van der Waals surface area contributed by atoms with Crippen molar-refractivity contribution in [2.45, 2.75) is 20.3 Å². The lowest BCUT2D eigenvalue weighted by molar-refractivity contribution is 0.610. The van der Waals surface area contributed by atoms with Crippen LogP contribution in [-0.2, 0) is 0 Å². The van der Waals surface area contributed by atoms with E-state index in [1.807, 2.05) is 6.08 Å². The fraction of sp³-hybridized carbons (Fsp3) is 0.714. The lowest BCUT2D eigenvalue weighted by Crippen LogP contribution is -1.85. The van der Waals surface area contributed by atoms with Gasteiger partial charge >= 0.3 is 0 Å². The van der Waals surface area contributed by atoms with E-state index in [1.54, 1.807) is 0 Å². The molecule has 0 radical (unpaired) electrons. The standard InChI is InChI=1S/C7H10Cl2/c1-7(2)4-5(7)3-6(8)9/h3,5H,4H2,1-2H3/t5-/m0/s1. The van der Waals surface area contributed by atoms with Crippen molar-refractivity contribution < 1.29 is 0 Å². The molecule has 0 aromatic rings. The van der Waals surface area contributed by atoms with Crippen LogP contribution in [-0.4, -0.2) is 0 Å². The molecule has 1 aliphatic rings. The van der Waals surface area contributed by atoms with Crippen LogP contribution in [0.2, 0.25) is 0 Å². The van der Waals surface area contributed by atoms with Gasteiger partial charge in [0.25, 0.3) is 0 Å². The molecule has 9 heavy (non-hydrogen) atoms. The fourth-order valence-corrected chi connectivity index (χ4v) is 1.25. The van der Waals surface area contributed by atoms with E-state index in [4.69, 9.17) is 23.2 Å². The molecule has 0 bridgehead atoms. The molecule has 0 nitrogen and oxygen atoms in total. The van der Waals surface area contributed by atoms with E-state index >= 15 is 0 Å². The lowest BCUT2D eigenvalue weighted by Gasteiger charge is -1.94. The second-order valence-corrected chi connectivity index (χ2v) is 4.26. The molecule has 2 heteroatoms. The maximum absolute atomic E-state index is 5.47. The van der Waals surface area contributed by atoms with Gasteiger partial charge in [0.15, 0.2) is 0 Å². The molecule has 0 heterocycles. The van der Waals surface area contributed by atoms with E-state index in [0.717, 1.165) is 0 Å². The molecule has 1 atom stereocenters. The summed E-state index contributed by atoms with van der Waals surface area (Å²) in [4.78, 5) is 0. The maximum atomic E-state index is 5.47. The Morgan fingerprint density at radius 2 is 2.00 bits per heavy atom. The lowest BCUT2D eigenvalue weighted by atomic mass is 10.1. The highest BCUT2D eigenvalue weighted by Crippen LogP contribution is 2.53. The van der Waals surface area contributed by atoms with Crippen LogP contribution in [0.25, 0.3) is 0 Å². The van der Waals surface area contributed by atoms with Crippen LogP contribution in [0.3, 0.4) is 0 Å². The van der Waals surface area contributed by atoms with Gasteiger partial charge in [-0.1, -0.05) is 43.1 Å². The molecule has 1 saturated carbocycles. The Bertz CT molecular complexity index is 143. The summed E-state index contributed by atoms with van der Waals surface area (Å²) in [5.74, 6) is 0.613. The largest absolute Gasteiger partial charge is 0.103 e. The first-order valence-electron chi connectivity index (χ1n) is 3.05. The minimum absolute atomic E-state index is 0.408. The highest BCUT2D eigenvalue weighted by Gasteiger charge is 2.43. The number of halogens is 2. The SMILES string of the molecule is CC1(C)C[C@@H]1C=C(Cl)Cl. The van der Waals surface area contributed by atoms with Gasteiger partial charge in [-0.25, -0.2) is 0 Å². The Balaban J connectivity index is 2.45. The van der Waals surface area contributed by atoms with Crippen molar-refractivity contribution >= 4 is 23.2 Å². The molecule has 0 aromatic carbocycles. The minimum Gasteiger partial charge on any atom is -0.0712 e. The number of rotatable bonds is 1. The van der Waals surface area contributed by atoms with Gasteiger partial charge < -0.3 is 0 Å². The van der Waals surface area contributed by atoms with Crippen molar-refractivity contribution in [2.75, 3.05) is 0 Å². The molecule has 0 saturated heterocycles. The predicted octanol–water partition coefficient (Wildman–Crippen LogP) is 3.35. The smallest absolute Gasteiger partial charge is 0.0712 e. The third-order valence-corrected chi connectivity index (χ3v) is 2.17. The summed E-state index contributed by atoms with van der Waals surface area (Å²) in [5.41, 5.74) is 0.453. The summed E-state index contributed by atoms with van der Waals surface area (Å²) in [7, 11) is 0. The summed E-state index contributed by atoms with van der Waals surface area (Å²) in [6.45, 7) is 4.43. The van der Waals surface area contributed by atoms with Gasteiger partial charge in [-0.2, -0.15) is 0 Å². The molecule has 0 spiro atoms. The normalized spacial score (nSPS) is 29.6. The van der Waals surface area contributed by atoms with E-state index in [-0.39, 0.29) is 0 Å². The van der Waals surface area contributed by atoms with Crippen LogP contribution >= 0.6 is 23.2 Å². The Labute approximate surface area is 65.8 Å². The van der Waals surface area contributed by atoms with E-state index in [0.29, 0.717) is 15.8 Å². The average molecular weight is 165 g/mol. The van der Waals surface area contributed by atoms with Gasteiger partial charge in [0.2, 0.25) is 0 Å². The van der Waals surface area contributed by atoms with Crippen molar-refractivity contribution in [1.82, 2.24) is 0 Å². The molecule has 1 aliphatic carbocycles. The molecule has 0 amide bonds. The summed E-state index contributed by atoms with van der Waals surface area (Å²) in [6.07, 6.45) is 3.14. The van der Waals surface area contributed by atoms with Gasteiger partial charge in [0, 0.05) is 0 Å². The van der Waals surface area contributed by atoms with Crippen molar-refractivity contribution in [3.8, 4) is 0 Å². The first-order chi connectivity index (χ1) is 4.02. The first kappa shape index (κ1) is 7.43. The molecule has 0 aromatic heterocycles. The van der Waals surface area contributed by atoms with Crippen molar-refractivity contribution in [3.63, 3.8) is 0 Å². The summed E-state index contributed by atoms with van der Waals surface area (Å²) >= 11 is 10.9. The topological polar surface area (TPSA) is 0 Å². The van der Waals surface area contributed by atoms with E-state index in [2.05, 4.69) is 13.8 Å². The Morgan fingerprint density at radius 3 is 2.11 bits per heavy atom. The van der Waals surface area contributed by atoms with Gasteiger partial charge in [-0.15, -0.1) is 0 Å². The zero-order valence-electron chi connectivity index (χ0n) is 5.62. The van der Waals surface area contributed by atoms with Crippen LogP contribution in [0.1, 0.15) is 20.3 Å². The molecular formula is C7H10Cl2. The number of hydrogen-bond acceptors (Lipinski definition) is 0. The zero-order chi connectivity index (χ0) is 7.07. The second kappa shape index (κ2) is 2.17. The summed E-state index contributed by atoms with van der Waals surface area (Å²) in [5, 5.41) is 0. The van der Waals surface area contributed by atoms with Gasteiger partial charge in [0.1, 0.15) is 4.49 Å². The Kier molecular flexibility index (Phi) is 1.79. The molecular weight excluding hydrogens is 155 g/mol. The molecule has 0 aliphatic heterocycles. The Hall–Kier alpha value is 0.320. The van der Waals surface area contributed by atoms with E-state index < -0.39 is 0 Å². The van der Waals surface area contributed by atoms with Crippen LogP contribution < -0.4 is 0 Å². The van der Waals surface area contributed by atoms with Gasteiger partial charge in [-0.3, -0.25) is 0 Å². The third kappa shape index (κ3) is 1.87. The van der Waals surface area contributed by atoms with Gasteiger partial charge in [0.05, 0.1) is 0 Å². The quantitative estimate of drug-likeness (QED) is 0.558. The monoisotopic (exact) mass is 164 g/mol. The van der Waals surface area contributed by atoms with E-state index in [9.17, 15) is 0 Å². The first-order valence-corrected chi connectivity index (χ1v) is 3.81. The number of hydrogen-bond donors (Lipinski definition) is 0. The van der Waals surface area contributed by atoms with Crippen molar-refractivity contribution in [2.24, 2.45) is 11.3 Å². The zero-order valence-corrected chi connectivity index (χ0v) is 7.13. The van der Waals surface area contributed by atoms with Gasteiger partial charge in [-0.05, 0) is 17.8 Å². The third-order valence-electron chi connectivity index (χ3n) is 1.92. The molecule has 1 rings (SSSR count). The van der Waals surface area contributed by atoms with Crippen molar-refractivity contribution in [3.05, 3.63) is 10.6 Å². The Morgan fingerprint density at radius 1 is 1.56 bits per heavy atom. The highest BCUT2D eigenvalue weighted by molar-refractivity contribution is 6.55. The van der Waals surface area contributed by atoms with Crippen LogP contribution in [0.15, 0.2) is 10.6 Å². The van der Waals surface area contributed by atoms with Crippen LogP contribution in [0.5, 0.6) is 0 Å². The predicted molar refractivity (Wildman–Crippen MR) is 41.7 cm³/mol. The average Bonchev–Trinajstić information content (AvgIpc) is 2.10.